The fourth-order valence-corrected chi connectivity index (χ4v) is 2.68. The van der Waals surface area contributed by atoms with Crippen LogP contribution in [0.2, 0.25) is 5.02 Å². The Morgan fingerprint density at radius 3 is 2.37 bits per heavy atom. The van der Waals surface area contributed by atoms with Crippen molar-refractivity contribution in [1.82, 2.24) is 4.90 Å². The van der Waals surface area contributed by atoms with Gasteiger partial charge in [0.1, 0.15) is 5.75 Å². The molecule has 27 heavy (non-hydrogen) atoms. The molecule has 0 aliphatic heterocycles. The number of methoxy groups -OCH3 is 1. The molecule has 0 aromatic heterocycles. The van der Waals surface area contributed by atoms with Gasteiger partial charge in [-0.05, 0) is 43.3 Å². The normalized spacial score (nSPS) is 10.6. The van der Waals surface area contributed by atoms with Crippen molar-refractivity contribution in [3.8, 4) is 5.75 Å². The highest BCUT2D eigenvalue weighted by molar-refractivity contribution is 6.31. The number of para-hydroxylation sites is 2. The molecular formula is C20H24ClN3O3. The summed E-state index contributed by atoms with van der Waals surface area (Å²) in [5.74, 6) is 0.164. The van der Waals surface area contributed by atoms with Crippen LogP contribution in [0.1, 0.15) is 12.5 Å². The monoisotopic (exact) mass is 389 g/mol. The number of carbonyl (C=O) groups is 2. The van der Waals surface area contributed by atoms with Gasteiger partial charge >= 0.3 is 0 Å². The van der Waals surface area contributed by atoms with Crippen LogP contribution in [-0.2, 0) is 9.59 Å². The Morgan fingerprint density at radius 2 is 1.74 bits per heavy atom. The van der Waals surface area contributed by atoms with Crippen molar-refractivity contribution >= 4 is 34.8 Å². The second-order valence-electron chi connectivity index (χ2n) is 6.06. The topological polar surface area (TPSA) is 70.7 Å². The third kappa shape index (κ3) is 6.27. The van der Waals surface area contributed by atoms with Gasteiger partial charge in [-0.1, -0.05) is 36.7 Å². The Labute approximate surface area is 164 Å². The molecule has 7 heteroatoms. The number of carbonyl (C=O) groups excluding carboxylic acids is 2. The van der Waals surface area contributed by atoms with Gasteiger partial charge in [-0.25, -0.2) is 0 Å². The van der Waals surface area contributed by atoms with E-state index in [1.165, 1.54) is 0 Å². The summed E-state index contributed by atoms with van der Waals surface area (Å²) >= 11 is 6.08. The minimum absolute atomic E-state index is 0.0939. The number of anilines is 2. The van der Waals surface area contributed by atoms with E-state index in [-0.39, 0.29) is 24.9 Å². The van der Waals surface area contributed by atoms with Crippen molar-refractivity contribution in [2.45, 2.75) is 13.8 Å². The number of amides is 2. The fourth-order valence-electron chi connectivity index (χ4n) is 2.49. The Morgan fingerprint density at radius 1 is 1.07 bits per heavy atom. The number of hydrogen-bond acceptors (Lipinski definition) is 4. The van der Waals surface area contributed by atoms with Crippen LogP contribution in [0.5, 0.6) is 5.75 Å². The molecule has 2 aromatic rings. The third-order valence-electron chi connectivity index (χ3n) is 4.02. The highest BCUT2D eigenvalue weighted by atomic mass is 35.5. The first-order chi connectivity index (χ1) is 12.9. The van der Waals surface area contributed by atoms with Crippen LogP contribution in [0.15, 0.2) is 42.5 Å². The van der Waals surface area contributed by atoms with Gasteiger partial charge in [-0.2, -0.15) is 0 Å². The third-order valence-corrected chi connectivity index (χ3v) is 4.43. The average Bonchev–Trinajstić information content (AvgIpc) is 2.64. The molecule has 0 aliphatic rings. The minimum Gasteiger partial charge on any atom is -0.495 e. The Kier molecular flexibility index (Phi) is 7.64. The molecule has 0 unspecified atom stereocenters. The zero-order valence-corrected chi connectivity index (χ0v) is 16.5. The highest BCUT2D eigenvalue weighted by Gasteiger charge is 2.15. The molecular weight excluding hydrogens is 366 g/mol. The largest absolute Gasteiger partial charge is 0.495 e. The number of nitrogens with zero attached hydrogens (tertiary/aromatic N) is 1. The number of likely N-dealkylation sites (N-methyl/N-ethyl adjacent to an activating group) is 1. The van der Waals surface area contributed by atoms with Gasteiger partial charge in [0.15, 0.2) is 0 Å². The Bertz CT molecular complexity index is 811. The van der Waals surface area contributed by atoms with Crippen LogP contribution in [-0.4, -0.2) is 43.5 Å². The van der Waals surface area contributed by atoms with E-state index < -0.39 is 0 Å². The van der Waals surface area contributed by atoms with Crippen LogP contribution >= 0.6 is 11.6 Å². The smallest absolute Gasteiger partial charge is 0.238 e. The van der Waals surface area contributed by atoms with Crippen LogP contribution in [0.25, 0.3) is 0 Å². The number of ether oxygens (including phenoxy) is 1. The summed E-state index contributed by atoms with van der Waals surface area (Å²) in [5.41, 5.74) is 2.17. The fraction of sp³-hybridized carbons (Fsp3) is 0.300. The summed E-state index contributed by atoms with van der Waals surface area (Å²) in [6, 6.07) is 12.5. The first-order valence-electron chi connectivity index (χ1n) is 8.64. The summed E-state index contributed by atoms with van der Waals surface area (Å²) in [6.45, 7) is 4.54. The zero-order valence-electron chi connectivity index (χ0n) is 15.7. The lowest BCUT2D eigenvalue weighted by Crippen LogP contribution is -2.38. The molecule has 2 N–H and O–H groups in total. The number of hydrogen-bond donors (Lipinski definition) is 2. The molecule has 0 bridgehead atoms. The van der Waals surface area contributed by atoms with Gasteiger partial charge in [-0.15, -0.1) is 0 Å². The first kappa shape index (κ1) is 20.7. The van der Waals surface area contributed by atoms with E-state index in [0.717, 1.165) is 5.56 Å². The molecule has 0 fully saturated rings. The first-order valence-corrected chi connectivity index (χ1v) is 9.02. The van der Waals surface area contributed by atoms with E-state index in [0.29, 0.717) is 28.7 Å². The number of halogens is 1. The second kappa shape index (κ2) is 9.94. The van der Waals surface area contributed by atoms with Crippen molar-refractivity contribution in [1.29, 1.82) is 0 Å². The van der Waals surface area contributed by atoms with Crippen LogP contribution in [0.4, 0.5) is 11.4 Å². The number of benzene rings is 2. The average molecular weight is 390 g/mol. The number of nitrogens with one attached hydrogen (secondary N) is 2. The van der Waals surface area contributed by atoms with Crippen molar-refractivity contribution in [3.05, 3.63) is 53.1 Å². The summed E-state index contributed by atoms with van der Waals surface area (Å²) in [4.78, 5) is 26.3. The predicted octanol–water partition coefficient (Wildman–Crippen LogP) is 3.56. The molecule has 6 nitrogen and oxygen atoms in total. The van der Waals surface area contributed by atoms with Gasteiger partial charge < -0.3 is 15.4 Å². The lowest BCUT2D eigenvalue weighted by Gasteiger charge is -2.20. The van der Waals surface area contributed by atoms with E-state index in [1.54, 1.807) is 36.3 Å². The van der Waals surface area contributed by atoms with Gasteiger partial charge in [0.25, 0.3) is 0 Å². The lowest BCUT2D eigenvalue weighted by molar-refractivity contribution is -0.119. The maximum absolute atomic E-state index is 12.3. The SMILES string of the molecule is CCN(CC(=O)Nc1ccc(C)c(Cl)c1)CC(=O)Nc1ccccc1OC. The quantitative estimate of drug-likeness (QED) is 0.724. The van der Waals surface area contributed by atoms with Gasteiger partial charge in [0.05, 0.1) is 25.9 Å². The molecule has 0 spiro atoms. The minimum atomic E-state index is -0.215. The molecule has 0 aliphatic carbocycles. The van der Waals surface area contributed by atoms with Crippen molar-refractivity contribution in [2.24, 2.45) is 0 Å². The Hall–Kier alpha value is -2.57. The van der Waals surface area contributed by atoms with Gasteiger partial charge in [-0.3, -0.25) is 14.5 Å². The molecule has 144 valence electrons. The maximum atomic E-state index is 12.3. The maximum Gasteiger partial charge on any atom is 0.238 e. The molecule has 0 heterocycles. The van der Waals surface area contributed by atoms with Crippen molar-refractivity contribution < 1.29 is 14.3 Å². The van der Waals surface area contributed by atoms with Crippen LogP contribution in [0, 0.1) is 6.92 Å². The zero-order chi connectivity index (χ0) is 19.8. The van der Waals surface area contributed by atoms with Crippen LogP contribution < -0.4 is 15.4 Å². The van der Waals surface area contributed by atoms with E-state index in [9.17, 15) is 9.59 Å². The second-order valence-corrected chi connectivity index (χ2v) is 6.47. The summed E-state index contributed by atoms with van der Waals surface area (Å²) in [5, 5.41) is 6.20. The molecule has 0 atom stereocenters. The molecule has 2 aromatic carbocycles. The highest BCUT2D eigenvalue weighted by Crippen LogP contribution is 2.23. The van der Waals surface area contributed by atoms with Gasteiger partial charge in [0.2, 0.25) is 11.8 Å². The molecule has 0 saturated heterocycles. The standard InChI is InChI=1S/C20H24ClN3O3/c1-4-24(12-19(25)22-15-10-9-14(2)16(21)11-15)13-20(26)23-17-7-5-6-8-18(17)27-3/h5-11H,4,12-13H2,1-3H3,(H,22,25)(H,23,26). The molecule has 2 amide bonds. The molecule has 0 radical (unpaired) electrons. The number of rotatable bonds is 8. The summed E-state index contributed by atoms with van der Waals surface area (Å²) in [7, 11) is 1.55. The summed E-state index contributed by atoms with van der Waals surface area (Å²) in [6.07, 6.45) is 0. The van der Waals surface area contributed by atoms with Crippen molar-refractivity contribution in [2.75, 3.05) is 37.4 Å². The van der Waals surface area contributed by atoms with E-state index in [4.69, 9.17) is 16.3 Å². The van der Waals surface area contributed by atoms with E-state index in [1.807, 2.05) is 32.0 Å². The number of aryl methyl sites for hydroxylation is 1. The van der Waals surface area contributed by atoms with Crippen LogP contribution in [0.3, 0.4) is 0 Å². The molecule has 0 saturated carbocycles. The summed E-state index contributed by atoms with van der Waals surface area (Å²) < 4.78 is 5.22. The van der Waals surface area contributed by atoms with Gasteiger partial charge in [0, 0.05) is 10.7 Å². The lowest BCUT2D eigenvalue weighted by atomic mass is 10.2. The predicted molar refractivity (Wildman–Crippen MR) is 109 cm³/mol. The Balaban J connectivity index is 1.91. The molecule has 2 rings (SSSR count). The van der Waals surface area contributed by atoms with Crippen molar-refractivity contribution in [3.63, 3.8) is 0 Å². The van der Waals surface area contributed by atoms with E-state index in [2.05, 4.69) is 10.6 Å². The van der Waals surface area contributed by atoms with E-state index >= 15 is 0 Å².